The van der Waals surface area contributed by atoms with Gasteiger partial charge < -0.3 is 4.74 Å². The Kier molecular flexibility index (Phi) is 3.08. The normalized spacial score (nSPS) is 18.3. The minimum Gasteiger partial charge on any atom is -0.493 e. The molecule has 1 aliphatic carbocycles. The molecule has 0 unspecified atom stereocenters. The van der Waals surface area contributed by atoms with Gasteiger partial charge in [0.1, 0.15) is 5.75 Å². The first-order valence-corrected chi connectivity index (χ1v) is 6.73. The maximum absolute atomic E-state index is 12.2. The van der Waals surface area contributed by atoms with Crippen LogP contribution in [-0.4, -0.2) is 36.9 Å². The lowest BCUT2D eigenvalue weighted by Gasteiger charge is -2.34. The average molecular weight is 245 g/mol. The highest BCUT2D eigenvalue weighted by Crippen LogP contribution is 2.27. The summed E-state index contributed by atoms with van der Waals surface area (Å²) in [6.07, 6.45) is 4.71. The molecule has 3 heteroatoms. The van der Waals surface area contributed by atoms with Gasteiger partial charge in [0, 0.05) is 18.0 Å². The number of hydrogen-bond acceptors (Lipinski definition) is 3. The molecule has 1 aliphatic heterocycles. The van der Waals surface area contributed by atoms with E-state index in [-0.39, 0.29) is 5.78 Å². The van der Waals surface area contributed by atoms with E-state index >= 15 is 0 Å². The zero-order valence-corrected chi connectivity index (χ0v) is 10.8. The number of carbonyl (C=O) groups is 1. The largest absolute Gasteiger partial charge is 0.493 e. The first-order chi connectivity index (χ1) is 8.74. The van der Waals surface area contributed by atoms with Gasteiger partial charge in [-0.25, -0.2) is 0 Å². The van der Waals surface area contributed by atoms with Crippen LogP contribution in [0, 0.1) is 0 Å². The molecule has 0 radical (unpaired) electrons. The summed E-state index contributed by atoms with van der Waals surface area (Å²) >= 11 is 0. The molecule has 1 aromatic rings. The average Bonchev–Trinajstić information content (AvgIpc) is 2.72. The van der Waals surface area contributed by atoms with Crippen molar-refractivity contribution in [3.8, 4) is 5.75 Å². The molecule has 0 bridgehead atoms. The van der Waals surface area contributed by atoms with Crippen molar-refractivity contribution in [3.63, 3.8) is 0 Å². The van der Waals surface area contributed by atoms with E-state index in [0.29, 0.717) is 12.6 Å². The fraction of sp³-hybridized carbons (Fsp3) is 0.533. The molecule has 1 fully saturated rings. The second kappa shape index (κ2) is 4.73. The molecule has 1 heterocycles. The van der Waals surface area contributed by atoms with Gasteiger partial charge in [-0.05, 0) is 43.7 Å². The summed E-state index contributed by atoms with van der Waals surface area (Å²) in [5.74, 6) is 1.16. The number of rotatable bonds is 4. The van der Waals surface area contributed by atoms with Crippen molar-refractivity contribution in [3.05, 3.63) is 29.3 Å². The summed E-state index contributed by atoms with van der Waals surface area (Å²) in [6, 6.07) is 6.44. The number of ketones is 1. The van der Waals surface area contributed by atoms with Gasteiger partial charge in [0.25, 0.3) is 0 Å². The highest BCUT2D eigenvalue weighted by atomic mass is 16.5. The lowest BCUT2D eigenvalue weighted by molar-refractivity contribution is 0.0870. The van der Waals surface area contributed by atoms with E-state index in [0.717, 1.165) is 24.3 Å². The summed E-state index contributed by atoms with van der Waals surface area (Å²) in [6.45, 7) is 1.28. The molecule has 0 aromatic heterocycles. The Labute approximate surface area is 108 Å². The van der Waals surface area contributed by atoms with E-state index < -0.39 is 0 Å². The Morgan fingerprint density at radius 1 is 1.44 bits per heavy atom. The van der Waals surface area contributed by atoms with Crippen LogP contribution in [-0.2, 0) is 6.42 Å². The summed E-state index contributed by atoms with van der Waals surface area (Å²) in [5.41, 5.74) is 2.00. The van der Waals surface area contributed by atoms with Crippen LogP contribution >= 0.6 is 0 Å². The van der Waals surface area contributed by atoms with Gasteiger partial charge in [-0.15, -0.1) is 0 Å². The molecule has 1 aromatic carbocycles. The third kappa shape index (κ3) is 2.15. The Morgan fingerprint density at radius 2 is 2.28 bits per heavy atom. The lowest BCUT2D eigenvalue weighted by atomic mass is 9.91. The summed E-state index contributed by atoms with van der Waals surface area (Å²) in [7, 11) is 2.05. The SMILES string of the molecule is CN(CC(=O)c1ccc2c(c1)CCO2)C1CCC1. The zero-order chi connectivity index (χ0) is 12.5. The van der Waals surface area contributed by atoms with Crippen LogP contribution in [0.4, 0.5) is 0 Å². The summed E-state index contributed by atoms with van der Waals surface area (Å²) in [5, 5.41) is 0. The molecule has 0 N–H and O–H groups in total. The van der Waals surface area contributed by atoms with Crippen molar-refractivity contribution < 1.29 is 9.53 Å². The van der Waals surface area contributed by atoms with Crippen molar-refractivity contribution >= 4 is 5.78 Å². The molecule has 0 amide bonds. The van der Waals surface area contributed by atoms with Crippen LogP contribution in [0.5, 0.6) is 5.75 Å². The third-order valence-electron chi connectivity index (χ3n) is 4.10. The van der Waals surface area contributed by atoms with Crippen LogP contribution in [0.3, 0.4) is 0 Å². The number of Topliss-reactive ketones (excluding diaryl/α,β-unsaturated/α-hetero) is 1. The standard InChI is InChI=1S/C15H19NO2/c1-16(13-3-2-4-13)10-14(17)11-5-6-15-12(9-11)7-8-18-15/h5-6,9,13H,2-4,7-8,10H2,1H3. The number of benzene rings is 1. The smallest absolute Gasteiger partial charge is 0.176 e. The van der Waals surface area contributed by atoms with Gasteiger partial charge in [0.15, 0.2) is 5.78 Å². The molecular formula is C15H19NO2. The van der Waals surface area contributed by atoms with Gasteiger partial charge in [0.2, 0.25) is 0 Å². The van der Waals surface area contributed by atoms with E-state index in [9.17, 15) is 4.79 Å². The molecule has 2 aliphatic rings. The van der Waals surface area contributed by atoms with Gasteiger partial charge in [-0.1, -0.05) is 6.42 Å². The highest BCUT2D eigenvalue weighted by Gasteiger charge is 2.24. The van der Waals surface area contributed by atoms with Gasteiger partial charge in [-0.3, -0.25) is 9.69 Å². The number of nitrogens with zero attached hydrogens (tertiary/aromatic N) is 1. The number of fused-ring (bicyclic) bond motifs is 1. The quantitative estimate of drug-likeness (QED) is 0.762. The fourth-order valence-electron chi connectivity index (χ4n) is 2.63. The second-order valence-electron chi connectivity index (χ2n) is 5.34. The molecule has 96 valence electrons. The number of hydrogen-bond donors (Lipinski definition) is 0. The summed E-state index contributed by atoms with van der Waals surface area (Å²) < 4.78 is 5.46. The van der Waals surface area contributed by atoms with Crippen molar-refractivity contribution in [2.45, 2.75) is 31.7 Å². The van der Waals surface area contributed by atoms with Gasteiger partial charge >= 0.3 is 0 Å². The molecule has 0 atom stereocenters. The molecular weight excluding hydrogens is 226 g/mol. The van der Waals surface area contributed by atoms with Gasteiger partial charge in [0.05, 0.1) is 13.2 Å². The predicted octanol–water partition coefficient (Wildman–Crippen LogP) is 2.29. The number of likely N-dealkylation sites (N-methyl/N-ethyl adjacent to an activating group) is 1. The van der Waals surface area contributed by atoms with Gasteiger partial charge in [-0.2, -0.15) is 0 Å². The van der Waals surface area contributed by atoms with Crippen LogP contribution in [0.15, 0.2) is 18.2 Å². The maximum Gasteiger partial charge on any atom is 0.176 e. The van der Waals surface area contributed by atoms with Crippen LogP contribution < -0.4 is 4.74 Å². The molecule has 18 heavy (non-hydrogen) atoms. The lowest BCUT2D eigenvalue weighted by Crippen LogP contribution is -2.40. The predicted molar refractivity (Wildman–Crippen MR) is 70.2 cm³/mol. The van der Waals surface area contributed by atoms with E-state index in [1.54, 1.807) is 0 Å². The zero-order valence-electron chi connectivity index (χ0n) is 10.8. The maximum atomic E-state index is 12.2. The number of carbonyl (C=O) groups excluding carboxylic acids is 1. The van der Waals surface area contributed by atoms with Crippen molar-refractivity contribution in [1.82, 2.24) is 4.90 Å². The van der Waals surface area contributed by atoms with E-state index in [2.05, 4.69) is 11.9 Å². The molecule has 3 rings (SSSR count). The first-order valence-electron chi connectivity index (χ1n) is 6.73. The van der Waals surface area contributed by atoms with Crippen LogP contribution in [0.2, 0.25) is 0 Å². The Balaban J connectivity index is 1.68. The fourth-order valence-corrected chi connectivity index (χ4v) is 2.63. The molecule has 3 nitrogen and oxygen atoms in total. The monoisotopic (exact) mass is 245 g/mol. The van der Waals surface area contributed by atoms with E-state index in [1.807, 2.05) is 18.2 Å². The third-order valence-corrected chi connectivity index (χ3v) is 4.10. The highest BCUT2D eigenvalue weighted by molar-refractivity contribution is 5.98. The Morgan fingerprint density at radius 3 is 3.00 bits per heavy atom. The molecule has 1 saturated carbocycles. The number of ether oxygens (including phenoxy) is 1. The first kappa shape index (κ1) is 11.7. The van der Waals surface area contributed by atoms with E-state index in [1.165, 1.54) is 24.8 Å². The van der Waals surface area contributed by atoms with Crippen molar-refractivity contribution in [1.29, 1.82) is 0 Å². The second-order valence-corrected chi connectivity index (χ2v) is 5.34. The molecule has 0 spiro atoms. The Hall–Kier alpha value is -1.35. The van der Waals surface area contributed by atoms with Crippen molar-refractivity contribution in [2.75, 3.05) is 20.2 Å². The van der Waals surface area contributed by atoms with E-state index in [4.69, 9.17) is 4.74 Å². The summed E-state index contributed by atoms with van der Waals surface area (Å²) in [4.78, 5) is 14.4. The van der Waals surface area contributed by atoms with Crippen molar-refractivity contribution in [2.24, 2.45) is 0 Å². The minimum atomic E-state index is 0.221. The van der Waals surface area contributed by atoms with Crippen LogP contribution in [0.1, 0.15) is 35.2 Å². The van der Waals surface area contributed by atoms with Crippen LogP contribution in [0.25, 0.3) is 0 Å². The minimum absolute atomic E-state index is 0.221. The topological polar surface area (TPSA) is 29.5 Å². The molecule has 0 saturated heterocycles. The Bertz CT molecular complexity index is 466.